The monoisotopic (exact) mass is 272 g/mol. The van der Waals surface area contributed by atoms with Crippen molar-refractivity contribution in [1.82, 2.24) is 0 Å². The third kappa shape index (κ3) is 4.02. The molecule has 0 aliphatic heterocycles. The van der Waals surface area contributed by atoms with Crippen LogP contribution in [0.15, 0.2) is 11.6 Å². The van der Waals surface area contributed by atoms with Crippen molar-refractivity contribution < 1.29 is 19.7 Å². The molecule has 0 aromatic carbocycles. The van der Waals surface area contributed by atoms with E-state index in [4.69, 9.17) is 9.47 Å². The van der Waals surface area contributed by atoms with Crippen LogP contribution in [-0.4, -0.2) is 50.4 Å². The zero-order valence-corrected chi connectivity index (χ0v) is 12.5. The van der Waals surface area contributed by atoms with Crippen LogP contribution < -0.4 is 0 Å². The fourth-order valence-corrected chi connectivity index (χ4v) is 3.22. The maximum Gasteiger partial charge on any atom is 0.0690 e. The Balaban J connectivity index is 3.03. The van der Waals surface area contributed by atoms with Gasteiger partial charge in [0.15, 0.2) is 0 Å². The Morgan fingerprint density at radius 3 is 2.32 bits per heavy atom. The van der Waals surface area contributed by atoms with Gasteiger partial charge in [0.1, 0.15) is 0 Å². The van der Waals surface area contributed by atoms with E-state index < -0.39 is 0 Å². The zero-order valence-electron chi connectivity index (χ0n) is 12.5. The number of hydrogen-bond acceptors (Lipinski definition) is 4. The van der Waals surface area contributed by atoms with Crippen molar-refractivity contribution in [2.75, 3.05) is 34.0 Å². The molecule has 0 unspecified atom stereocenters. The summed E-state index contributed by atoms with van der Waals surface area (Å²) in [5.41, 5.74) is 1.09. The summed E-state index contributed by atoms with van der Waals surface area (Å²) in [4.78, 5) is 0. The lowest BCUT2D eigenvalue weighted by molar-refractivity contribution is -0.0431. The number of methoxy groups -OCH3 is 2. The van der Waals surface area contributed by atoms with Crippen molar-refractivity contribution >= 4 is 0 Å². The highest BCUT2D eigenvalue weighted by molar-refractivity contribution is 5.18. The zero-order chi connectivity index (χ0) is 14.4. The summed E-state index contributed by atoms with van der Waals surface area (Å²) < 4.78 is 10.8. The Labute approximate surface area is 116 Å². The molecule has 4 heteroatoms. The van der Waals surface area contributed by atoms with E-state index in [1.54, 1.807) is 14.2 Å². The van der Waals surface area contributed by atoms with Gasteiger partial charge in [0, 0.05) is 38.6 Å². The van der Waals surface area contributed by atoms with Gasteiger partial charge in [-0.2, -0.15) is 0 Å². The molecule has 4 atom stereocenters. The molecule has 0 fully saturated rings. The molecule has 0 heterocycles. The minimum Gasteiger partial charge on any atom is -0.396 e. The Morgan fingerprint density at radius 2 is 1.89 bits per heavy atom. The van der Waals surface area contributed by atoms with Gasteiger partial charge in [-0.1, -0.05) is 19.9 Å². The lowest BCUT2D eigenvalue weighted by Crippen LogP contribution is -2.44. The van der Waals surface area contributed by atoms with Crippen molar-refractivity contribution in [1.29, 1.82) is 0 Å². The molecular formula is C15H28O4. The summed E-state index contributed by atoms with van der Waals surface area (Å²) in [6.45, 7) is 4.92. The molecule has 0 aromatic rings. The van der Waals surface area contributed by atoms with Crippen LogP contribution in [0.2, 0.25) is 0 Å². The first-order valence-electron chi connectivity index (χ1n) is 7.03. The Hall–Kier alpha value is -0.420. The molecular weight excluding hydrogens is 244 g/mol. The third-order valence-corrected chi connectivity index (χ3v) is 4.00. The summed E-state index contributed by atoms with van der Waals surface area (Å²) in [5, 5.41) is 19.3. The first-order chi connectivity index (χ1) is 9.08. The molecule has 1 aliphatic rings. The first kappa shape index (κ1) is 16.6. The van der Waals surface area contributed by atoms with Crippen LogP contribution in [0.25, 0.3) is 0 Å². The van der Waals surface area contributed by atoms with Crippen molar-refractivity contribution in [3.63, 3.8) is 0 Å². The molecule has 112 valence electrons. The molecule has 0 saturated heterocycles. The van der Waals surface area contributed by atoms with Gasteiger partial charge >= 0.3 is 0 Å². The van der Waals surface area contributed by atoms with E-state index in [1.165, 1.54) is 0 Å². The fourth-order valence-electron chi connectivity index (χ4n) is 3.22. The molecule has 4 nitrogen and oxygen atoms in total. The smallest absolute Gasteiger partial charge is 0.0690 e. The molecule has 0 bridgehead atoms. The fraction of sp³-hybridized carbons (Fsp3) is 0.867. The normalized spacial score (nSPS) is 31.6. The van der Waals surface area contributed by atoms with Gasteiger partial charge in [-0.3, -0.25) is 0 Å². The van der Waals surface area contributed by atoms with E-state index in [2.05, 4.69) is 19.9 Å². The highest BCUT2D eigenvalue weighted by Gasteiger charge is 2.39. The van der Waals surface area contributed by atoms with Gasteiger partial charge in [0.2, 0.25) is 0 Å². The first-order valence-corrected chi connectivity index (χ1v) is 7.03. The minimum absolute atomic E-state index is 0.0225. The third-order valence-electron chi connectivity index (χ3n) is 4.00. The summed E-state index contributed by atoms with van der Waals surface area (Å²) in [7, 11) is 3.34. The van der Waals surface area contributed by atoms with Crippen LogP contribution in [0.5, 0.6) is 0 Å². The SMILES string of the molecule is COCC1=C[C@H](CC(C)C)[C@H](OC)[C@@H](CO)[C@@H]1CO. The van der Waals surface area contributed by atoms with Crippen LogP contribution in [-0.2, 0) is 9.47 Å². The van der Waals surface area contributed by atoms with Crippen molar-refractivity contribution in [2.45, 2.75) is 26.4 Å². The molecule has 2 N–H and O–H groups in total. The Morgan fingerprint density at radius 1 is 1.21 bits per heavy atom. The van der Waals surface area contributed by atoms with Gasteiger partial charge in [-0.25, -0.2) is 0 Å². The van der Waals surface area contributed by atoms with E-state index in [0.29, 0.717) is 12.5 Å². The van der Waals surface area contributed by atoms with Gasteiger partial charge in [0.25, 0.3) is 0 Å². The predicted molar refractivity (Wildman–Crippen MR) is 74.9 cm³/mol. The summed E-state index contributed by atoms with van der Waals surface area (Å²) in [5.74, 6) is 0.704. The van der Waals surface area contributed by atoms with Gasteiger partial charge in [-0.05, 0) is 17.9 Å². The molecule has 0 saturated carbocycles. The highest BCUT2D eigenvalue weighted by Crippen LogP contribution is 2.38. The lowest BCUT2D eigenvalue weighted by Gasteiger charge is -2.41. The molecule has 0 aromatic heterocycles. The number of rotatable bonds is 7. The van der Waals surface area contributed by atoms with E-state index in [9.17, 15) is 10.2 Å². The van der Waals surface area contributed by atoms with E-state index in [-0.39, 0.29) is 37.1 Å². The van der Waals surface area contributed by atoms with Gasteiger partial charge in [-0.15, -0.1) is 0 Å². The number of hydrogen-bond donors (Lipinski definition) is 2. The summed E-state index contributed by atoms with van der Waals surface area (Å²) in [6, 6.07) is 0. The molecule has 1 aliphatic carbocycles. The van der Waals surface area contributed by atoms with Gasteiger partial charge < -0.3 is 19.7 Å². The van der Waals surface area contributed by atoms with Crippen molar-refractivity contribution in [3.05, 3.63) is 11.6 Å². The van der Waals surface area contributed by atoms with Crippen LogP contribution >= 0.6 is 0 Å². The number of ether oxygens (including phenoxy) is 2. The maximum atomic E-state index is 9.67. The molecule has 19 heavy (non-hydrogen) atoms. The molecule has 0 spiro atoms. The van der Waals surface area contributed by atoms with Gasteiger partial charge in [0.05, 0.1) is 19.3 Å². The lowest BCUT2D eigenvalue weighted by atomic mass is 9.71. The van der Waals surface area contributed by atoms with Crippen LogP contribution in [0.1, 0.15) is 20.3 Å². The molecule has 1 rings (SSSR count). The van der Waals surface area contributed by atoms with Crippen molar-refractivity contribution in [2.24, 2.45) is 23.7 Å². The minimum atomic E-state index is -0.0710. The maximum absolute atomic E-state index is 9.67. The quantitative estimate of drug-likeness (QED) is 0.689. The van der Waals surface area contributed by atoms with Crippen LogP contribution in [0.3, 0.4) is 0 Å². The molecule has 0 radical (unpaired) electrons. The second kappa shape index (κ2) is 8.00. The van der Waals surface area contributed by atoms with Crippen molar-refractivity contribution in [3.8, 4) is 0 Å². The van der Waals surface area contributed by atoms with E-state index >= 15 is 0 Å². The largest absolute Gasteiger partial charge is 0.396 e. The second-order valence-corrected chi connectivity index (χ2v) is 5.80. The van der Waals surface area contributed by atoms with E-state index in [1.807, 2.05) is 0 Å². The van der Waals surface area contributed by atoms with E-state index in [0.717, 1.165) is 12.0 Å². The second-order valence-electron chi connectivity index (χ2n) is 5.80. The number of aliphatic hydroxyl groups is 2. The predicted octanol–water partition coefficient (Wildman–Crippen LogP) is 1.47. The number of aliphatic hydroxyl groups excluding tert-OH is 2. The molecule has 0 amide bonds. The summed E-state index contributed by atoms with van der Waals surface area (Å²) >= 11 is 0. The van der Waals surface area contributed by atoms with Crippen LogP contribution in [0.4, 0.5) is 0 Å². The Bertz CT molecular complexity index is 288. The Kier molecular flexibility index (Phi) is 7.00. The highest BCUT2D eigenvalue weighted by atomic mass is 16.5. The average molecular weight is 272 g/mol. The summed E-state index contributed by atoms with van der Waals surface area (Å²) in [6.07, 6.45) is 3.16. The standard InChI is InChI=1S/C15H28O4/c1-10(2)5-11-6-12(9-18-3)13(7-16)14(8-17)15(11)19-4/h6,10-11,13-17H,5,7-9H2,1-4H3/t11-,13+,14-,15-/m0/s1. The average Bonchev–Trinajstić information content (AvgIpc) is 2.37. The topological polar surface area (TPSA) is 58.9 Å². The van der Waals surface area contributed by atoms with Crippen LogP contribution in [0, 0.1) is 23.7 Å².